The quantitative estimate of drug-likeness (QED) is 0.478. The zero-order valence-electron chi connectivity index (χ0n) is 20.8. The largest absolute Gasteiger partial charge is 0.379 e. The van der Waals surface area contributed by atoms with Crippen molar-refractivity contribution in [3.8, 4) is 0 Å². The van der Waals surface area contributed by atoms with Crippen LogP contribution in [0.3, 0.4) is 0 Å². The van der Waals surface area contributed by atoms with E-state index in [1.54, 1.807) is 24.3 Å². The van der Waals surface area contributed by atoms with E-state index in [2.05, 4.69) is 22.3 Å². The standard InChI is InChI=1S/C28H33N3O4S/c1-22-6-8-23(9-7-22)21-31(36(2,33)34)27-12-10-26(11-13-27)28(32)29-19-24-4-3-5-25(18-24)20-30-14-16-35-17-15-30/h3-13,18H,14-17,19-21H2,1-2H3,(H,29,32). The number of nitrogens with one attached hydrogen (secondary N) is 1. The average Bonchev–Trinajstić information content (AvgIpc) is 2.87. The summed E-state index contributed by atoms with van der Waals surface area (Å²) in [6.45, 7) is 6.89. The second-order valence-corrected chi connectivity index (χ2v) is 11.1. The molecule has 0 spiro atoms. The topological polar surface area (TPSA) is 79.0 Å². The molecule has 1 heterocycles. The van der Waals surface area contributed by atoms with Crippen molar-refractivity contribution in [3.63, 3.8) is 0 Å². The van der Waals surface area contributed by atoms with Gasteiger partial charge in [-0.1, -0.05) is 54.1 Å². The number of benzene rings is 3. The maximum atomic E-state index is 12.8. The van der Waals surface area contributed by atoms with Gasteiger partial charge in [0.05, 0.1) is 31.7 Å². The molecule has 1 amide bonds. The third kappa shape index (κ3) is 7.16. The van der Waals surface area contributed by atoms with Gasteiger partial charge in [0.15, 0.2) is 0 Å². The smallest absolute Gasteiger partial charge is 0.251 e. The van der Waals surface area contributed by atoms with Gasteiger partial charge in [-0.05, 0) is 47.9 Å². The van der Waals surface area contributed by atoms with Gasteiger partial charge in [-0.3, -0.25) is 14.0 Å². The summed E-state index contributed by atoms with van der Waals surface area (Å²) in [7, 11) is -3.50. The fourth-order valence-electron chi connectivity index (χ4n) is 4.18. The fraction of sp³-hybridized carbons (Fsp3) is 0.321. The van der Waals surface area contributed by atoms with Crippen LogP contribution in [0.25, 0.3) is 0 Å². The minimum absolute atomic E-state index is 0.204. The van der Waals surface area contributed by atoms with Crippen LogP contribution in [0.15, 0.2) is 72.8 Å². The number of rotatable bonds is 9. The van der Waals surface area contributed by atoms with Gasteiger partial charge in [0.25, 0.3) is 5.91 Å². The molecular weight excluding hydrogens is 474 g/mol. The first kappa shape index (κ1) is 25.9. The Labute approximate surface area is 213 Å². The first-order chi connectivity index (χ1) is 17.3. The van der Waals surface area contributed by atoms with Gasteiger partial charge in [-0.15, -0.1) is 0 Å². The van der Waals surface area contributed by atoms with Crippen LogP contribution in [0.1, 0.15) is 32.6 Å². The first-order valence-corrected chi connectivity index (χ1v) is 13.9. The molecule has 0 aliphatic carbocycles. The van der Waals surface area contributed by atoms with E-state index in [9.17, 15) is 13.2 Å². The summed E-state index contributed by atoms with van der Waals surface area (Å²) in [6.07, 6.45) is 1.19. The van der Waals surface area contributed by atoms with Gasteiger partial charge >= 0.3 is 0 Å². The summed E-state index contributed by atoms with van der Waals surface area (Å²) in [5, 5.41) is 2.97. The number of nitrogens with zero attached hydrogens (tertiary/aromatic N) is 2. The Morgan fingerprint density at radius 3 is 2.28 bits per heavy atom. The van der Waals surface area contributed by atoms with Crippen LogP contribution in [-0.2, 0) is 34.4 Å². The Morgan fingerprint density at radius 1 is 0.944 bits per heavy atom. The maximum Gasteiger partial charge on any atom is 0.251 e. The summed E-state index contributed by atoms with van der Waals surface area (Å²) >= 11 is 0. The van der Waals surface area contributed by atoms with Crippen molar-refractivity contribution in [1.29, 1.82) is 0 Å². The molecule has 1 N–H and O–H groups in total. The van der Waals surface area contributed by atoms with E-state index >= 15 is 0 Å². The molecule has 0 bridgehead atoms. The number of carbonyl (C=O) groups is 1. The fourth-order valence-corrected chi connectivity index (χ4v) is 5.07. The molecule has 1 saturated heterocycles. The zero-order valence-corrected chi connectivity index (χ0v) is 21.6. The third-order valence-electron chi connectivity index (χ3n) is 6.22. The van der Waals surface area contributed by atoms with Crippen molar-refractivity contribution in [1.82, 2.24) is 10.2 Å². The number of morpholine rings is 1. The molecule has 1 fully saturated rings. The van der Waals surface area contributed by atoms with E-state index in [-0.39, 0.29) is 12.5 Å². The second kappa shape index (κ2) is 11.7. The molecule has 0 unspecified atom stereocenters. The summed E-state index contributed by atoms with van der Waals surface area (Å²) in [5.74, 6) is -0.204. The summed E-state index contributed by atoms with van der Waals surface area (Å²) in [4.78, 5) is 15.1. The number of sulfonamides is 1. The van der Waals surface area contributed by atoms with Gasteiger partial charge < -0.3 is 10.1 Å². The predicted molar refractivity (Wildman–Crippen MR) is 142 cm³/mol. The van der Waals surface area contributed by atoms with Crippen LogP contribution in [0.5, 0.6) is 0 Å². The van der Waals surface area contributed by atoms with Crippen molar-refractivity contribution in [2.45, 2.75) is 26.6 Å². The van der Waals surface area contributed by atoms with Crippen molar-refractivity contribution in [3.05, 3.63) is 101 Å². The molecule has 0 aromatic heterocycles. The summed E-state index contributed by atoms with van der Waals surface area (Å²) in [6, 6.07) is 22.7. The van der Waals surface area contributed by atoms with Crippen molar-refractivity contribution >= 4 is 21.6 Å². The first-order valence-electron chi connectivity index (χ1n) is 12.1. The van der Waals surface area contributed by atoms with E-state index in [1.807, 2.05) is 43.3 Å². The lowest BCUT2D eigenvalue weighted by atomic mass is 10.1. The van der Waals surface area contributed by atoms with Crippen molar-refractivity contribution in [2.24, 2.45) is 0 Å². The predicted octanol–water partition coefficient (Wildman–Crippen LogP) is 3.72. The SMILES string of the molecule is Cc1ccc(CN(c2ccc(C(=O)NCc3cccc(CN4CCOCC4)c3)cc2)S(C)(=O)=O)cc1. The Hall–Kier alpha value is -3.20. The van der Waals surface area contributed by atoms with Crippen LogP contribution >= 0.6 is 0 Å². The van der Waals surface area contributed by atoms with Gasteiger partial charge in [0.1, 0.15) is 0 Å². The van der Waals surface area contributed by atoms with Crippen LogP contribution in [-0.4, -0.2) is 51.8 Å². The van der Waals surface area contributed by atoms with Crippen LogP contribution < -0.4 is 9.62 Å². The monoisotopic (exact) mass is 507 g/mol. The highest BCUT2D eigenvalue weighted by atomic mass is 32.2. The molecule has 36 heavy (non-hydrogen) atoms. The minimum atomic E-state index is -3.50. The Morgan fingerprint density at radius 2 is 1.61 bits per heavy atom. The molecule has 0 radical (unpaired) electrons. The molecule has 1 aliphatic rings. The van der Waals surface area contributed by atoms with Crippen LogP contribution in [0.4, 0.5) is 5.69 Å². The number of hydrogen-bond donors (Lipinski definition) is 1. The minimum Gasteiger partial charge on any atom is -0.379 e. The van der Waals surface area contributed by atoms with Gasteiger partial charge in [0.2, 0.25) is 10.0 Å². The van der Waals surface area contributed by atoms with Crippen molar-refractivity contribution < 1.29 is 17.9 Å². The molecule has 3 aromatic carbocycles. The van der Waals surface area contributed by atoms with Gasteiger partial charge in [-0.2, -0.15) is 0 Å². The van der Waals surface area contributed by atoms with Crippen molar-refractivity contribution in [2.75, 3.05) is 36.9 Å². The van der Waals surface area contributed by atoms with E-state index in [4.69, 9.17) is 4.74 Å². The zero-order chi connectivity index (χ0) is 25.5. The summed E-state index contributed by atoms with van der Waals surface area (Å²) in [5.41, 5.74) is 5.25. The molecule has 8 heteroatoms. The highest BCUT2D eigenvalue weighted by molar-refractivity contribution is 7.92. The molecule has 190 valence electrons. The third-order valence-corrected chi connectivity index (χ3v) is 7.36. The maximum absolute atomic E-state index is 12.8. The van der Waals surface area contributed by atoms with Gasteiger partial charge in [-0.25, -0.2) is 8.42 Å². The highest BCUT2D eigenvalue weighted by Crippen LogP contribution is 2.22. The number of ether oxygens (including phenoxy) is 1. The molecule has 0 atom stereocenters. The summed E-state index contributed by atoms with van der Waals surface area (Å²) < 4.78 is 31.7. The lowest BCUT2D eigenvalue weighted by molar-refractivity contribution is 0.0342. The normalized spacial score (nSPS) is 14.4. The number of aryl methyl sites for hydroxylation is 1. The number of amides is 1. The van der Waals surface area contributed by atoms with Gasteiger partial charge in [0, 0.05) is 31.7 Å². The molecule has 3 aromatic rings. The van der Waals surface area contributed by atoms with E-state index in [0.29, 0.717) is 17.8 Å². The van der Waals surface area contributed by atoms with Crippen LogP contribution in [0.2, 0.25) is 0 Å². The molecule has 7 nitrogen and oxygen atoms in total. The highest BCUT2D eigenvalue weighted by Gasteiger charge is 2.18. The van der Waals surface area contributed by atoms with Crippen LogP contribution in [0, 0.1) is 6.92 Å². The van der Waals surface area contributed by atoms with E-state index in [0.717, 1.165) is 49.5 Å². The Kier molecular flexibility index (Phi) is 8.40. The number of carbonyl (C=O) groups excluding carboxylic acids is 1. The number of hydrogen-bond acceptors (Lipinski definition) is 5. The number of anilines is 1. The molecule has 0 saturated carbocycles. The average molecular weight is 508 g/mol. The Balaban J connectivity index is 1.38. The Bertz CT molecular complexity index is 1270. The molecular formula is C28H33N3O4S. The second-order valence-electron chi connectivity index (χ2n) is 9.19. The van der Waals surface area contributed by atoms with E-state index in [1.165, 1.54) is 16.1 Å². The molecule has 4 rings (SSSR count). The lowest BCUT2D eigenvalue weighted by Crippen LogP contribution is -2.35. The van der Waals surface area contributed by atoms with E-state index < -0.39 is 10.0 Å². The lowest BCUT2D eigenvalue weighted by Gasteiger charge is -2.26. The molecule has 1 aliphatic heterocycles.